The minimum atomic E-state index is -0.839. The number of urea groups is 1. The number of halogens is 2. The van der Waals surface area contributed by atoms with Gasteiger partial charge in [0.05, 0.1) is 5.69 Å². The smallest absolute Gasteiger partial charge is 0.323 e. The number of anilines is 1. The Bertz CT molecular complexity index is 740. The largest absolute Gasteiger partial charge is 0.325 e. The molecule has 1 saturated carbocycles. The van der Waals surface area contributed by atoms with E-state index in [4.69, 9.17) is 0 Å². The van der Waals surface area contributed by atoms with Gasteiger partial charge in [-0.1, -0.05) is 35.7 Å². The van der Waals surface area contributed by atoms with Crippen LogP contribution < -0.4 is 10.6 Å². The van der Waals surface area contributed by atoms with Crippen molar-refractivity contribution < 1.29 is 14.4 Å². The van der Waals surface area contributed by atoms with Gasteiger partial charge >= 0.3 is 6.03 Å². The van der Waals surface area contributed by atoms with E-state index in [1.807, 2.05) is 13.0 Å². The molecule has 2 aliphatic rings. The predicted octanol–water partition coefficient (Wildman–Crippen LogP) is 3.65. The molecule has 1 spiro atoms. The van der Waals surface area contributed by atoms with Crippen LogP contribution >= 0.6 is 31.9 Å². The van der Waals surface area contributed by atoms with E-state index in [-0.39, 0.29) is 18.4 Å². The summed E-state index contributed by atoms with van der Waals surface area (Å²) in [5.41, 5.74) is -0.255. The van der Waals surface area contributed by atoms with Crippen molar-refractivity contribution in [3.63, 3.8) is 0 Å². The Balaban J connectivity index is 1.71. The lowest BCUT2D eigenvalue weighted by Crippen LogP contribution is -2.54. The minimum absolute atomic E-state index is 0.0754. The van der Waals surface area contributed by atoms with Crippen LogP contribution in [0.5, 0.6) is 0 Å². The topological polar surface area (TPSA) is 78.5 Å². The predicted molar refractivity (Wildman–Crippen MR) is 101 cm³/mol. The van der Waals surface area contributed by atoms with Crippen LogP contribution in [0.1, 0.15) is 32.6 Å². The lowest BCUT2D eigenvalue weighted by molar-refractivity contribution is -0.136. The van der Waals surface area contributed by atoms with Gasteiger partial charge in [0.1, 0.15) is 12.1 Å². The maximum Gasteiger partial charge on any atom is 0.325 e. The van der Waals surface area contributed by atoms with Gasteiger partial charge in [0.15, 0.2) is 0 Å². The normalized spacial score (nSPS) is 26.0. The summed E-state index contributed by atoms with van der Waals surface area (Å²) in [6, 6.07) is 4.86. The van der Waals surface area contributed by atoms with E-state index < -0.39 is 17.5 Å². The molecular formula is C17H19Br2N3O3. The fourth-order valence-corrected chi connectivity index (χ4v) is 4.71. The highest BCUT2D eigenvalue weighted by Gasteiger charge is 2.55. The number of carbonyl (C=O) groups excluding carboxylic acids is 3. The van der Waals surface area contributed by atoms with E-state index in [0.717, 1.165) is 28.6 Å². The summed E-state index contributed by atoms with van der Waals surface area (Å²) < 4.78 is 1.59. The molecule has 1 saturated heterocycles. The second-order valence-electron chi connectivity index (χ2n) is 6.61. The van der Waals surface area contributed by atoms with Crippen LogP contribution in [0.4, 0.5) is 10.5 Å². The van der Waals surface area contributed by atoms with E-state index in [1.54, 1.807) is 12.1 Å². The number of nitrogens with zero attached hydrogens (tertiary/aromatic N) is 1. The number of benzene rings is 1. The Morgan fingerprint density at radius 3 is 2.80 bits per heavy atom. The molecule has 1 aromatic carbocycles. The summed E-state index contributed by atoms with van der Waals surface area (Å²) in [7, 11) is 0. The van der Waals surface area contributed by atoms with Gasteiger partial charge in [0.25, 0.3) is 5.91 Å². The Labute approximate surface area is 163 Å². The highest BCUT2D eigenvalue weighted by Crippen LogP contribution is 2.38. The molecule has 2 fully saturated rings. The van der Waals surface area contributed by atoms with Crippen molar-refractivity contribution in [1.82, 2.24) is 10.2 Å². The van der Waals surface area contributed by atoms with Crippen LogP contribution in [-0.2, 0) is 9.59 Å². The Morgan fingerprint density at radius 2 is 2.12 bits per heavy atom. The molecule has 1 aliphatic carbocycles. The third-order valence-corrected chi connectivity index (χ3v) is 6.16. The average molecular weight is 473 g/mol. The van der Waals surface area contributed by atoms with Crippen LogP contribution in [0.15, 0.2) is 27.1 Å². The summed E-state index contributed by atoms with van der Waals surface area (Å²) in [4.78, 5) is 38.5. The molecule has 2 N–H and O–H groups in total. The molecule has 134 valence electrons. The van der Waals surface area contributed by atoms with Gasteiger partial charge in [0, 0.05) is 8.95 Å². The first-order chi connectivity index (χ1) is 11.8. The molecule has 6 nitrogen and oxygen atoms in total. The van der Waals surface area contributed by atoms with Gasteiger partial charge < -0.3 is 10.6 Å². The molecule has 0 bridgehead atoms. The summed E-state index contributed by atoms with van der Waals surface area (Å²) in [5, 5.41) is 5.58. The number of hydrogen-bond acceptors (Lipinski definition) is 3. The summed E-state index contributed by atoms with van der Waals surface area (Å²) >= 11 is 6.72. The lowest BCUT2D eigenvalue weighted by Gasteiger charge is -2.36. The molecule has 1 aliphatic heterocycles. The van der Waals surface area contributed by atoms with E-state index in [9.17, 15) is 14.4 Å². The van der Waals surface area contributed by atoms with E-state index in [0.29, 0.717) is 16.6 Å². The Morgan fingerprint density at radius 1 is 1.36 bits per heavy atom. The molecule has 0 unspecified atom stereocenters. The lowest BCUT2D eigenvalue weighted by atomic mass is 9.73. The second-order valence-corrected chi connectivity index (χ2v) is 8.38. The molecule has 4 amide bonds. The molecule has 2 atom stereocenters. The monoisotopic (exact) mass is 471 g/mol. The van der Waals surface area contributed by atoms with Crippen molar-refractivity contribution in [2.24, 2.45) is 5.92 Å². The van der Waals surface area contributed by atoms with Crippen molar-refractivity contribution in [3.05, 3.63) is 27.1 Å². The van der Waals surface area contributed by atoms with Crippen molar-refractivity contribution >= 4 is 55.4 Å². The molecule has 3 rings (SSSR count). The molecule has 1 heterocycles. The van der Waals surface area contributed by atoms with Gasteiger partial charge in [-0.15, -0.1) is 0 Å². The zero-order valence-electron chi connectivity index (χ0n) is 13.8. The van der Waals surface area contributed by atoms with Gasteiger partial charge in [-0.05, 0) is 52.9 Å². The molecular weight excluding hydrogens is 454 g/mol. The number of amides is 4. The fourth-order valence-electron chi connectivity index (χ4n) is 3.56. The van der Waals surface area contributed by atoms with Crippen molar-refractivity contribution in [3.8, 4) is 0 Å². The average Bonchev–Trinajstić information content (AvgIpc) is 2.78. The van der Waals surface area contributed by atoms with E-state index in [1.165, 1.54) is 0 Å². The van der Waals surface area contributed by atoms with Crippen LogP contribution in [0.3, 0.4) is 0 Å². The highest BCUT2D eigenvalue weighted by molar-refractivity contribution is 9.11. The number of hydrogen-bond donors (Lipinski definition) is 2. The number of carbonyl (C=O) groups is 3. The van der Waals surface area contributed by atoms with Crippen LogP contribution in [0, 0.1) is 5.92 Å². The maximum absolute atomic E-state index is 12.8. The molecule has 8 heteroatoms. The first-order valence-corrected chi connectivity index (χ1v) is 9.81. The fraction of sp³-hybridized carbons (Fsp3) is 0.471. The van der Waals surface area contributed by atoms with Crippen molar-refractivity contribution in [2.75, 3.05) is 11.9 Å². The first-order valence-electron chi connectivity index (χ1n) is 8.22. The summed E-state index contributed by atoms with van der Waals surface area (Å²) in [6.45, 7) is 1.70. The molecule has 1 aromatic rings. The highest BCUT2D eigenvalue weighted by atomic mass is 79.9. The second kappa shape index (κ2) is 7.07. The van der Waals surface area contributed by atoms with Gasteiger partial charge in [-0.2, -0.15) is 0 Å². The number of rotatable bonds is 3. The zero-order valence-corrected chi connectivity index (χ0v) is 16.9. The summed E-state index contributed by atoms with van der Waals surface area (Å²) in [5.74, 6) is -0.617. The third-order valence-electron chi connectivity index (χ3n) is 5.01. The van der Waals surface area contributed by atoms with E-state index in [2.05, 4.69) is 42.5 Å². The minimum Gasteiger partial charge on any atom is -0.323 e. The number of imide groups is 1. The number of nitrogens with one attached hydrogen (secondary N) is 2. The quantitative estimate of drug-likeness (QED) is 0.659. The van der Waals surface area contributed by atoms with Crippen LogP contribution in [-0.4, -0.2) is 34.8 Å². The van der Waals surface area contributed by atoms with Crippen molar-refractivity contribution in [2.45, 2.75) is 38.1 Å². The van der Waals surface area contributed by atoms with Crippen molar-refractivity contribution in [1.29, 1.82) is 0 Å². The van der Waals surface area contributed by atoms with Gasteiger partial charge in [-0.25, -0.2) is 4.79 Å². The first kappa shape index (κ1) is 18.4. The SMILES string of the molecule is C[C@H]1CCCC[C@]12NC(=O)N(CC(=O)Nc1ccc(Br)cc1Br)C2=O. The third kappa shape index (κ3) is 3.46. The standard InChI is InChI=1S/C17H19Br2N3O3/c1-10-4-2-3-7-17(10)15(24)22(16(25)21-17)9-14(23)20-13-6-5-11(18)8-12(13)19/h5-6,8,10H,2-4,7,9H2,1H3,(H,20,23)(H,21,25)/t10-,17-/m0/s1. The Hall–Kier alpha value is -1.41. The zero-order chi connectivity index (χ0) is 18.2. The summed E-state index contributed by atoms with van der Waals surface area (Å²) in [6.07, 6.45) is 3.50. The molecule has 25 heavy (non-hydrogen) atoms. The van der Waals surface area contributed by atoms with Gasteiger partial charge in [0.2, 0.25) is 5.91 Å². The Kier molecular flexibility index (Phi) is 5.20. The van der Waals surface area contributed by atoms with Crippen LogP contribution in [0.25, 0.3) is 0 Å². The maximum atomic E-state index is 12.8. The molecule has 0 aromatic heterocycles. The van der Waals surface area contributed by atoms with Gasteiger partial charge in [-0.3, -0.25) is 14.5 Å². The van der Waals surface area contributed by atoms with Crippen LogP contribution in [0.2, 0.25) is 0 Å². The van der Waals surface area contributed by atoms with E-state index >= 15 is 0 Å². The molecule has 0 radical (unpaired) electrons.